The van der Waals surface area contributed by atoms with E-state index in [1.54, 1.807) is 0 Å². The van der Waals surface area contributed by atoms with Crippen LogP contribution in [0, 0.1) is 0 Å². The van der Waals surface area contributed by atoms with Crippen molar-refractivity contribution >= 4 is 7.92 Å². The lowest BCUT2D eigenvalue weighted by Crippen LogP contribution is -2.43. The second kappa shape index (κ2) is 4.28. The van der Waals surface area contributed by atoms with Crippen LogP contribution in [0.25, 0.3) is 0 Å². The fourth-order valence-electron chi connectivity index (χ4n) is 3.46. The predicted molar refractivity (Wildman–Crippen MR) is 76.7 cm³/mol. The summed E-state index contributed by atoms with van der Waals surface area (Å²) in [5.41, 5.74) is 0. The van der Waals surface area contributed by atoms with Crippen LogP contribution in [0.1, 0.15) is 40.0 Å². The molecule has 3 aliphatic rings. The van der Waals surface area contributed by atoms with Crippen molar-refractivity contribution in [2.45, 2.75) is 56.1 Å². The number of hydrogen-bond donors (Lipinski definition) is 0. The van der Waals surface area contributed by atoms with Gasteiger partial charge in [0.15, 0.2) is 0 Å². The molecule has 4 heteroatoms. The maximum Gasteiger partial charge on any atom is 0.135 e. The van der Waals surface area contributed by atoms with Gasteiger partial charge in [-0.3, -0.25) is 0 Å². The summed E-state index contributed by atoms with van der Waals surface area (Å²) >= 11 is 0. The molecule has 3 nitrogen and oxygen atoms in total. The molecular formula is C15H21O3P. The average Bonchev–Trinajstić information content (AvgIpc) is 3.03. The quantitative estimate of drug-likeness (QED) is 0.716. The van der Waals surface area contributed by atoms with Crippen LogP contribution in [0.4, 0.5) is 0 Å². The Morgan fingerprint density at radius 3 is 1.21 bits per heavy atom. The molecule has 0 aromatic heterocycles. The van der Waals surface area contributed by atoms with Crippen LogP contribution in [0.5, 0.6) is 0 Å². The molecule has 0 spiro atoms. The highest BCUT2D eigenvalue weighted by Crippen LogP contribution is 2.73. The van der Waals surface area contributed by atoms with Crippen molar-refractivity contribution < 1.29 is 14.2 Å². The summed E-state index contributed by atoms with van der Waals surface area (Å²) < 4.78 is 18.0. The molecule has 0 bridgehead atoms. The predicted octanol–water partition coefficient (Wildman–Crippen LogP) is 4.42. The zero-order valence-corrected chi connectivity index (χ0v) is 12.7. The molecule has 3 unspecified atom stereocenters. The molecule has 0 amide bonds. The molecule has 0 aromatic rings. The van der Waals surface area contributed by atoms with Crippen LogP contribution in [-0.4, -0.2) is 16.0 Å². The first-order valence-corrected chi connectivity index (χ1v) is 8.12. The standard InChI is InChI=1S/C15H21O3P/c1-13(7-4-10-16-13)19(14(2)8-5-11-17-14)15(3)9-6-12-18-15/h4-6,10-12H,7-9H2,1-3H3. The van der Waals surface area contributed by atoms with Crippen molar-refractivity contribution in [1.82, 2.24) is 0 Å². The molecular weight excluding hydrogens is 259 g/mol. The minimum absolute atomic E-state index is 0.211. The molecule has 3 aliphatic heterocycles. The summed E-state index contributed by atoms with van der Waals surface area (Å²) in [4.78, 5) is 0. The van der Waals surface area contributed by atoms with Gasteiger partial charge in [0, 0.05) is 27.2 Å². The largest absolute Gasteiger partial charge is 0.491 e. The molecule has 0 fully saturated rings. The van der Waals surface area contributed by atoms with Crippen LogP contribution in [0.15, 0.2) is 37.0 Å². The van der Waals surface area contributed by atoms with Gasteiger partial charge in [0.05, 0.1) is 18.8 Å². The Hall–Kier alpha value is -0.950. The topological polar surface area (TPSA) is 27.7 Å². The van der Waals surface area contributed by atoms with Gasteiger partial charge in [-0.25, -0.2) is 0 Å². The Labute approximate surface area is 116 Å². The first-order valence-electron chi connectivity index (χ1n) is 6.78. The van der Waals surface area contributed by atoms with Crippen LogP contribution in [-0.2, 0) is 14.2 Å². The van der Waals surface area contributed by atoms with Crippen LogP contribution >= 0.6 is 7.92 Å². The molecule has 0 N–H and O–H groups in total. The Morgan fingerprint density at radius 2 is 1.00 bits per heavy atom. The molecule has 0 aliphatic carbocycles. The van der Waals surface area contributed by atoms with Gasteiger partial charge in [-0.15, -0.1) is 0 Å². The molecule has 3 atom stereocenters. The molecule has 0 saturated heterocycles. The van der Waals surface area contributed by atoms with Crippen molar-refractivity contribution in [3.05, 3.63) is 37.0 Å². The van der Waals surface area contributed by atoms with E-state index in [0.29, 0.717) is 0 Å². The first-order chi connectivity index (χ1) is 8.99. The summed E-state index contributed by atoms with van der Waals surface area (Å²) in [6.45, 7) is 6.58. The van der Waals surface area contributed by atoms with Crippen LogP contribution < -0.4 is 0 Å². The van der Waals surface area contributed by atoms with Crippen molar-refractivity contribution in [3.8, 4) is 0 Å². The average molecular weight is 280 g/mol. The third-order valence-corrected chi connectivity index (χ3v) is 7.87. The Bertz CT molecular complexity index is 362. The van der Waals surface area contributed by atoms with Gasteiger partial charge in [-0.2, -0.15) is 0 Å². The second-order valence-corrected chi connectivity index (χ2v) is 9.45. The van der Waals surface area contributed by atoms with E-state index in [9.17, 15) is 0 Å². The number of rotatable bonds is 3. The van der Waals surface area contributed by atoms with E-state index in [1.165, 1.54) is 0 Å². The first kappa shape index (κ1) is 13.1. The Balaban J connectivity index is 1.96. The van der Waals surface area contributed by atoms with Gasteiger partial charge in [0.25, 0.3) is 0 Å². The van der Waals surface area contributed by atoms with E-state index in [4.69, 9.17) is 14.2 Å². The highest BCUT2D eigenvalue weighted by Gasteiger charge is 2.59. The molecule has 104 valence electrons. The molecule has 3 heterocycles. The third-order valence-electron chi connectivity index (χ3n) is 4.16. The van der Waals surface area contributed by atoms with E-state index in [-0.39, 0.29) is 16.0 Å². The summed E-state index contributed by atoms with van der Waals surface area (Å²) in [5.74, 6) is 0. The van der Waals surface area contributed by atoms with E-state index < -0.39 is 7.92 Å². The lowest BCUT2D eigenvalue weighted by molar-refractivity contribution is 0.0760. The Morgan fingerprint density at radius 1 is 0.684 bits per heavy atom. The smallest absolute Gasteiger partial charge is 0.135 e. The fraction of sp³-hybridized carbons (Fsp3) is 0.600. The zero-order chi connectivity index (χ0) is 13.6. The lowest BCUT2D eigenvalue weighted by atomic mass is 10.3. The van der Waals surface area contributed by atoms with Gasteiger partial charge in [0.2, 0.25) is 0 Å². The number of ether oxygens (including phenoxy) is 3. The van der Waals surface area contributed by atoms with Gasteiger partial charge < -0.3 is 14.2 Å². The molecule has 0 radical (unpaired) electrons. The van der Waals surface area contributed by atoms with Crippen molar-refractivity contribution in [3.63, 3.8) is 0 Å². The SMILES string of the molecule is CC1(P(C2(C)CC=CO2)C2(C)CC=CO2)CC=CO1. The summed E-state index contributed by atoms with van der Waals surface area (Å²) in [6, 6.07) is 0. The van der Waals surface area contributed by atoms with Crippen molar-refractivity contribution in [1.29, 1.82) is 0 Å². The molecule has 19 heavy (non-hydrogen) atoms. The van der Waals surface area contributed by atoms with E-state index in [1.807, 2.05) is 18.8 Å². The Kier molecular flexibility index (Phi) is 2.94. The summed E-state index contributed by atoms with van der Waals surface area (Å²) in [5, 5.41) is -0.634. The summed E-state index contributed by atoms with van der Waals surface area (Å²) in [7, 11) is -0.664. The minimum atomic E-state index is -0.664. The molecule has 0 aromatic carbocycles. The summed E-state index contributed by atoms with van der Waals surface area (Å²) in [6.07, 6.45) is 14.6. The van der Waals surface area contributed by atoms with Gasteiger partial charge in [-0.1, -0.05) is 0 Å². The maximum atomic E-state index is 5.99. The number of hydrogen-bond acceptors (Lipinski definition) is 3. The van der Waals surface area contributed by atoms with Crippen LogP contribution in [0.3, 0.4) is 0 Å². The van der Waals surface area contributed by atoms with E-state index in [0.717, 1.165) is 19.3 Å². The zero-order valence-electron chi connectivity index (χ0n) is 11.8. The monoisotopic (exact) mass is 280 g/mol. The fourth-order valence-corrected chi connectivity index (χ4v) is 7.83. The molecule has 3 rings (SSSR count). The highest BCUT2D eigenvalue weighted by molar-refractivity contribution is 7.62. The maximum absolute atomic E-state index is 5.99. The van der Waals surface area contributed by atoms with E-state index in [2.05, 4.69) is 39.0 Å². The van der Waals surface area contributed by atoms with Gasteiger partial charge in [-0.05, 0) is 39.0 Å². The second-order valence-electron chi connectivity index (χ2n) is 5.94. The van der Waals surface area contributed by atoms with Gasteiger partial charge in [0.1, 0.15) is 16.0 Å². The highest BCUT2D eigenvalue weighted by atomic mass is 31.1. The van der Waals surface area contributed by atoms with Crippen molar-refractivity contribution in [2.24, 2.45) is 0 Å². The lowest BCUT2D eigenvalue weighted by Gasteiger charge is -2.50. The van der Waals surface area contributed by atoms with Crippen LogP contribution in [0.2, 0.25) is 0 Å². The molecule has 0 saturated carbocycles. The van der Waals surface area contributed by atoms with E-state index >= 15 is 0 Å². The van der Waals surface area contributed by atoms with Gasteiger partial charge >= 0.3 is 0 Å². The van der Waals surface area contributed by atoms with Crippen molar-refractivity contribution in [2.75, 3.05) is 0 Å². The third kappa shape index (κ3) is 1.99. The minimum Gasteiger partial charge on any atom is -0.491 e. The normalized spacial score (nSPS) is 45.0.